The summed E-state index contributed by atoms with van der Waals surface area (Å²) in [7, 11) is 3.08. The van der Waals surface area contributed by atoms with Crippen molar-refractivity contribution in [3.8, 4) is 11.5 Å². The number of nitrogens with zero attached hydrogens (tertiary/aromatic N) is 3. The lowest BCUT2D eigenvalue weighted by molar-refractivity contribution is -0.112. The molecule has 5 rings (SSSR count). The molecule has 3 heterocycles. The number of benzene rings is 2. The highest BCUT2D eigenvalue weighted by Crippen LogP contribution is 2.38. The molecule has 1 atom stereocenters. The molecule has 1 fully saturated rings. The minimum Gasteiger partial charge on any atom is -0.493 e. The van der Waals surface area contributed by atoms with Crippen molar-refractivity contribution in [3.63, 3.8) is 0 Å². The van der Waals surface area contributed by atoms with Crippen LogP contribution in [0.4, 0.5) is 5.69 Å². The number of carbonyl (C=O) groups excluding carboxylic acids is 2. The Balaban J connectivity index is 1.48. The topological polar surface area (TPSA) is 94.9 Å². The van der Waals surface area contributed by atoms with Crippen molar-refractivity contribution < 1.29 is 23.8 Å². The minimum absolute atomic E-state index is 0.0628. The molecule has 1 N–H and O–H groups in total. The van der Waals surface area contributed by atoms with Crippen molar-refractivity contribution in [2.45, 2.75) is 25.9 Å². The molecule has 3 aromatic rings. The zero-order valence-corrected chi connectivity index (χ0v) is 21.7. The third-order valence-electron chi connectivity index (χ3n) is 6.85. The van der Waals surface area contributed by atoms with Gasteiger partial charge in [-0.1, -0.05) is 30.7 Å². The lowest BCUT2D eigenvalue weighted by Crippen LogP contribution is -2.45. The molecular formula is C27H29ClN4O5. The van der Waals surface area contributed by atoms with Crippen LogP contribution in [0.1, 0.15) is 45.8 Å². The molecular weight excluding hydrogens is 496 g/mol. The maximum Gasteiger partial charge on any atom is 0.258 e. The normalized spacial score (nSPS) is 17.9. The zero-order valence-electron chi connectivity index (χ0n) is 21.0. The summed E-state index contributed by atoms with van der Waals surface area (Å²) in [5.74, 6) is 0.566. The average molecular weight is 525 g/mol. The average Bonchev–Trinajstić information content (AvgIpc) is 3.31. The molecule has 9 nitrogen and oxygen atoms in total. The zero-order chi connectivity index (χ0) is 26.2. The Hall–Kier alpha value is -3.56. The first-order chi connectivity index (χ1) is 17.8. The number of hydrogen-bond donors (Lipinski definition) is 1. The summed E-state index contributed by atoms with van der Waals surface area (Å²) < 4.78 is 18.0. The molecule has 194 valence electrons. The molecule has 2 aromatic carbocycles. The van der Waals surface area contributed by atoms with Gasteiger partial charge in [0, 0.05) is 17.5 Å². The Bertz CT molecular complexity index is 1340. The molecule has 2 amide bonds. The molecule has 37 heavy (non-hydrogen) atoms. The Morgan fingerprint density at radius 2 is 1.92 bits per heavy atom. The Kier molecular flexibility index (Phi) is 6.83. The van der Waals surface area contributed by atoms with E-state index in [1.165, 1.54) is 7.11 Å². The number of ether oxygens (including phenoxy) is 3. The lowest BCUT2D eigenvalue weighted by atomic mass is 9.88. The highest BCUT2D eigenvalue weighted by Gasteiger charge is 2.39. The molecule has 1 aromatic heterocycles. The number of halogens is 1. The van der Waals surface area contributed by atoms with Crippen LogP contribution < -0.4 is 19.7 Å². The fraction of sp³-hybridized carbons (Fsp3) is 0.370. The van der Waals surface area contributed by atoms with Gasteiger partial charge in [-0.15, -0.1) is 0 Å². The first-order valence-corrected chi connectivity index (χ1v) is 12.4. The van der Waals surface area contributed by atoms with E-state index in [-0.39, 0.29) is 23.3 Å². The molecule has 2 aliphatic rings. The summed E-state index contributed by atoms with van der Waals surface area (Å²) in [6.07, 6.45) is 2.21. The highest BCUT2D eigenvalue weighted by atomic mass is 35.5. The quantitative estimate of drug-likeness (QED) is 0.500. The van der Waals surface area contributed by atoms with Crippen molar-refractivity contribution in [1.82, 2.24) is 15.1 Å². The number of nitrogens with one attached hydrogen (secondary N) is 1. The van der Waals surface area contributed by atoms with Crippen LogP contribution in [-0.4, -0.2) is 55.6 Å². The van der Waals surface area contributed by atoms with Gasteiger partial charge < -0.3 is 24.4 Å². The number of hydrogen-bond acceptors (Lipinski definition) is 6. The largest absolute Gasteiger partial charge is 0.493 e. The number of anilines is 1. The summed E-state index contributed by atoms with van der Waals surface area (Å²) in [5.41, 5.74) is 2.26. The van der Waals surface area contributed by atoms with Crippen LogP contribution in [0.3, 0.4) is 0 Å². The first-order valence-electron chi connectivity index (χ1n) is 12.1. The second-order valence-electron chi connectivity index (χ2n) is 9.70. The third-order valence-corrected chi connectivity index (χ3v) is 7.18. The fourth-order valence-electron chi connectivity index (χ4n) is 4.85. The van der Waals surface area contributed by atoms with Crippen molar-refractivity contribution in [2.24, 2.45) is 5.41 Å². The summed E-state index contributed by atoms with van der Waals surface area (Å²) in [5, 5.41) is 8.15. The summed E-state index contributed by atoms with van der Waals surface area (Å²) in [6, 6.07) is 11.7. The van der Waals surface area contributed by atoms with Crippen LogP contribution in [-0.2, 0) is 11.3 Å². The van der Waals surface area contributed by atoms with E-state index in [2.05, 4.69) is 17.3 Å². The predicted octanol–water partition coefficient (Wildman–Crippen LogP) is 4.11. The van der Waals surface area contributed by atoms with Crippen molar-refractivity contribution in [2.75, 3.05) is 38.9 Å². The van der Waals surface area contributed by atoms with Gasteiger partial charge in [0.15, 0.2) is 11.5 Å². The van der Waals surface area contributed by atoms with E-state index in [9.17, 15) is 9.59 Å². The van der Waals surface area contributed by atoms with Crippen LogP contribution in [0.5, 0.6) is 11.5 Å². The third kappa shape index (κ3) is 4.76. The maximum absolute atomic E-state index is 13.7. The lowest BCUT2D eigenvalue weighted by Gasteiger charge is -2.39. The van der Waals surface area contributed by atoms with E-state index in [4.69, 9.17) is 25.8 Å². The smallest absolute Gasteiger partial charge is 0.258 e. The second kappa shape index (κ2) is 10.1. The predicted molar refractivity (Wildman–Crippen MR) is 139 cm³/mol. The SMILES string of the molecule is COc1ccc(C(=O)N2CCC(NC(=O)c3ccccc3Cl)c3c2cnn3CC2(C)COC2)cc1OC. The highest BCUT2D eigenvalue weighted by molar-refractivity contribution is 6.33. The monoisotopic (exact) mass is 524 g/mol. The van der Waals surface area contributed by atoms with E-state index < -0.39 is 0 Å². The van der Waals surface area contributed by atoms with Gasteiger partial charge in [0.05, 0.1) is 68.2 Å². The van der Waals surface area contributed by atoms with Crippen LogP contribution in [0.25, 0.3) is 0 Å². The van der Waals surface area contributed by atoms with E-state index in [1.54, 1.807) is 60.7 Å². The van der Waals surface area contributed by atoms with Gasteiger partial charge in [-0.05, 0) is 36.8 Å². The number of fused-ring (bicyclic) bond motifs is 1. The Labute approximate surface area is 220 Å². The molecule has 10 heteroatoms. The van der Waals surface area contributed by atoms with Crippen molar-refractivity contribution >= 4 is 29.1 Å². The maximum atomic E-state index is 13.7. The van der Waals surface area contributed by atoms with Crippen LogP contribution in [0.15, 0.2) is 48.7 Å². The summed E-state index contributed by atoms with van der Waals surface area (Å²) in [4.78, 5) is 28.5. The van der Waals surface area contributed by atoms with E-state index in [0.29, 0.717) is 66.1 Å². The van der Waals surface area contributed by atoms with Gasteiger partial charge >= 0.3 is 0 Å². The van der Waals surface area contributed by atoms with Crippen LogP contribution >= 0.6 is 11.6 Å². The van der Waals surface area contributed by atoms with Crippen molar-refractivity contribution in [3.05, 3.63) is 70.5 Å². The molecule has 0 spiro atoms. The van der Waals surface area contributed by atoms with Gasteiger partial charge in [-0.25, -0.2) is 0 Å². The molecule has 0 aliphatic carbocycles. The Morgan fingerprint density at radius 3 is 2.59 bits per heavy atom. The summed E-state index contributed by atoms with van der Waals surface area (Å²) >= 11 is 6.28. The van der Waals surface area contributed by atoms with Gasteiger partial charge in [-0.2, -0.15) is 5.10 Å². The van der Waals surface area contributed by atoms with Crippen LogP contribution in [0, 0.1) is 5.41 Å². The number of aromatic nitrogens is 2. The standard InChI is InChI=1S/C27H29ClN4O5/c1-27(15-37-16-27)14-32-24-20(30-25(33)18-6-4-5-7-19(18)28)10-11-31(21(24)13-29-32)26(34)17-8-9-22(35-2)23(12-17)36-3/h4-9,12-13,20H,10-11,14-16H2,1-3H3,(H,30,33). The van der Waals surface area contributed by atoms with E-state index in [0.717, 1.165) is 5.69 Å². The molecule has 1 saturated heterocycles. The number of methoxy groups -OCH3 is 2. The molecule has 0 bridgehead atoms. The van der Waals surface area contributed by atoms with Gasteiger partial charge in [0.2, 0.25) is 0 Å². The van der Waals surface area contributed by atoms with Crippen molar-refractivity contribution in [1.29, 1.82) is 0 Å². The van der Waals surface area contributed by atoms with Crippen LogP contribution in [0.2, 0.25) is 5.02 Å². The first kappa shape index (κ1) is 25.1. The molecule has 1 unspecified atom stereocenters. The fourth-order valence-corrected chi connectivity index (χ4v) is 5.08. The molecule has 0 saturated carbocycles. The van der Waals surface area contributed by atoms with E-state index in [1.807, 2.05) is 4.68 Å². The molecule has 0 radical (unpaired) electrons. The minimum atomic E-state index is -0.347. The number of carbonyl (C=O) groups is 2. The molecule has 2 aliphatic heterocycles. The van der Waals surface area contributed by atoms with Gasteiger partial charge in [-0.3, -0.25) is 14.3 Å². The Morgan fingerprint density at radius 1 is 1.16 bits per heavy atom. The number of rotatable bonds is 7. The van der Waals surface area contributed by atoms with Gasteiger partial charge in [0.1, 0.15) is 0 Å². The summed E-state index contributed by atoms with van der Waals surface area (Å²) in [6.45, 7) is 4.41. The van der Waals surface area contributed by atoms with Gasteiger partial charge in [0.25, 0.3) is 11.8 Å². The second-order valence-corrected chi connectivity index (χ2v) is 10.1. The van der Waals surface area contributed by atoms with E-state index >= 15 is 0 Å². The number of amides is 2.